The molecule has 0 aliphatic carbocycles. The number of carbonyl (C=O) groups excluding carboxylic acids is 3. The lowest BCUT2D eigenvalue weighted by molar-refractivity contribution is -0.166. The quantitative estimate of drug-likeness (QED) is 0.0203. The molecule has 0 saturated heterocycles. The largest absolute Gasteiger partial charge is 0.462 e. The van der Waals surface area contributed by atoms with Crippen molar-refractivity contribution in [2.24, 2.45) is 0 Å². The van der Waals surface area contributed by atoms with E-state index in [2.05, 4.69) is 51.2 Å². The molecule has 6 nitrogen and oxygen atoms in total. The lowest BCUT2D eigenvalue weighted by atomic mass is 10.0. The van der Waals surface area contributed by atoms with Crippen LogP contribution in [0.15, 0.2) is 97.2 Å². The van der Waals surface area contributed by atoms with E-state index in [9.17, 15) is 14.4 Å². The summed E-state index contributed by atoms with van der Waals surface area (Å²) in [6.45, 7) is 6.20. The minimum atomic E-state index is -0.846. The summed E-state index contributed by atoms with van der Waals surface area (Å²) in [6.07, 6.45) is 58.7. The summed E-state index contributed by atoms with van der Waals surface area (Å²) in [4.78, 5) is 37.6. The van der Waals surface area contributed by atoms with Crippen LogP contribution in [0.4, 0.5) is 0 Å². The predicted molar refractivity (Wildman–Crippen MR) is 242 cm³/mol. The van der Waals surface area contributed by atoms with E-state index in [1.807, 2.05) is 60.8 Å². The van der Waals surface area contributed by atoms with Crippen molar-refractivity contribution in [1.82, 2.24) is 0 Å². The third-order valence-electron chi connectivity index (χ3n) is 9.24. The van der Waals surface area contributed by atoms with Crippen molar-refractivity contribution < 1.29 is 28.6 Å². The maximum atomic E-state index is 12.7. The first-order chi connectivity index (χ1) is 28.0. The second-order valence-corrected chi connectivity index (χ2v) is 14.7. The van der Waals surface area contributed by atoms with Crippen molar-refractivity contribution in [3.63, 3.8) is 0 Å². The summed E-state index contributed by atoms with van der Waals surface area (Å²) >= 11 is 0. The Balaban J connectivity index is 4.48. The Kier molecular flexibility index (Phi) is 42.1. The van der Waals surface area contributed by atoms with Gasteiger partial charge in [0.05, 0.1) is 6.42 Å². The van der Waals surface area contributed by atoms with Gasteiger partial charge in [-0.25, -0.2) is 0 Å². The second kappa shape index (κ2) is 45.0. The third kappa shape index (κ3) is 43.3. The molecule has 0 aliphatic heterocycles. The summed E-state index contributed by atoms with van der Waals surface area (Å²) in [5.74, 6) is -1.15. The van der Waals surface area contributed by atoms with Gasteiger partial charge >= 0.3 is 17.9 Å². The van der Waals surface area contributed by atoms with Gasteiger partial charge in [-0.05, 0) is 44.9 Å². The van der Waals surface area contributed by atoms with Crippen LogP contribution in [0, 0.1) is 0 Å². The van der Waals surface area contributed by atoms with Crippen LogP contribution in [0.25, 0.3) is 0 Å². The van der Waals surface area contributed by atoms with Crippen molar-refractivity contribution in [3.8, 4) is 0 Å². The molecule has 0 spiro atoms. The molecule has 0 aliphatic rings. The zero-order valence-electron chi connectivity index (χ0n) is 36.6. The van der Waals surface area contributed by atoms with Crippen LogP contribution >= 0.6 is 0 Å². The molecule has 322 valence electrons. The molecule has 0 bridgehead atoms. The minimum absolute atomic E-state index is 0.118. The first kappa shape index (κ1) is 53.3. The van der Waals surface area contributed by atoms with E-state index in [1.165, 1.54) is 89.9 Å². The molecule has 1 atom stereocenters. The number of rotatable bonds is 39. The van der Waals surface area contributed by atoms with Gasteiger partial charge in [0.15, 0.2) is 6.10 Å². The average molecular weight is 791 g/mol. The van der Waals surface area contributed by atoms with Crippen LogP contribution in [0.3, 0.4) is 0 Å². The molecule has 0 radical (unpaired) electrons. The minimum Gasteiger partial charge on any atom is -0.462 e. The van der Waals surface area contributed by atoms with Crippen LogP contribution in [-0.2, 0) is 28.6 Å². The molecule has 0 aromatic rings. The first-order valence-corrected chi connectivity index (χ1v) is 22.8. The van der Waals surface area contributed by atoms with Crippen LogP contribution in [0.2, 0.25) is 0 Å². The van der Waals surface area contributed by atoms with E-state index >= 15 is 0 Å². The molecule has 1 unspecified atom stereocenters. The number of carbonyl (C=O) groups is 3. The average Bonchev–Trinajstić information content (AvgIpc) is 3.21. The van der Waals surface area contributed by atoms with Crippen LogP contribution in [0.1, 0.15) is 188 Å². The summed E-state index contributed by atoms with van der Waals surface area (Å²) in [5, 5.41) is 0. The molecule has 0 rings (SSSR count). The Morgan fingerprint density at radius 3 is 1.35 bits per heavy atom. The summed E-state index contributed by atoms with van der Waals surface area (Å²) in [7, 11) is 0. The molecule has 0 aromatic carbocycles. The highest BCUT2D eigenvalue weighted by molar-refractivity contribution is 5.72. The van der Waals surface area contributed by atoms with E-state index in [-0.39, 0.29) is 32.0 Å². The van der Waals surface area contributed by atoms with Crippen LogP contribution < -0.4 is 0 Å². The fourth-order valence-corrected chi connectivity index (χ4v) is 5.88. The van der Waals surface area contributed by atoms with E-state index in [1.54, 1.807) is 6.08 Å². The first-order valence-electron chi connectivity index (χ1n) is 22.8. The molecule has 6 heteroatoms. The van der Waals surface area contributed by atoms with Gasteiger partial charge in [-0.2, -0.15) is 0 Å². The topological polar surface area (TPSA) is 78.9 Å². The lowest BCUT2D eigenvalue weighted by Crippen LogP contribution is -2.30. The lowest BCUT2D eigenvalue weighted by Gasteiger charge is -2.18. The summed E-state index contributed by atoms with van der Waals surface area (Å²) in [6, 6.07) is 0. The van der Waals surface area contributed by atoms with Gasteiger partial charge < -0.3 is 14.2 Å². The zero-order chi connectivity index (χ0) is 41.5. The van der Waals surface area contributed by atoms with Crippen LogP contribution in [0.5, 0.6) is 0 Å². The third-order valence-corrected chi connectivity index (χ3v) is 9.24. The Labute approximate surface area is 349 Å². The maximum absolute atomic E-state index is 12.7. The Morgan fingerprint density at radius 2 is 0.825 bits per heavy atom. The molecule has 0 saturated carbocycles. The number of esters is 3. The maximum Gasteiger partial charge on any atom is 0.309 e. The number of allylic oxidation sites excluding steroid dienone is 15. The van der Waals surface area contributed by atoms with Gasteiger partial charge in [-0.15, -0.1) is 0 Å². The predicted octanol–water partition coefficient (Wildman–Crippen LogP) is 14.6. The van der Waals surface area contributed by atoms with E-state index in [0.29, 0.717) is 12.8 Å². The van der Waals surface area contributed by atoms with E-state index in [4.69, 9.17) is 14.2 Å². The van der Waals surface area contributed by atoms with Crippen molar-refractivity contribution >= 4 is 17.9 Å². The fourth-order valence-electron chi connectivity index (χ4n) is 5.88. The molecule has 0 heterocycles. The van der Waals surface area contributed by atoms with Gasteiger partial charge in [-0.1, -0.05) is 221 Å². The Morgan fingerprint density at radius 1 is 0.404 bits per heavy atom. The van der Waals surface area contributed by atoms with Crippen LogP contribution in [-0.4, -0.2) is 37.2 Å². The molecular weight excluding hydrogens is 709 g/mol. The normalized spacial score (nSPS) is 13.0. The van der Waals surface area contributed by atoms with E-state index in [0.717, 1.165) is 51.4 Å². The Bertz CT molecular complexity index is 1180. The molecule has 0 amide bonds. The van der Waals surface area contributed by atoms with E-state index < -0.39 is 18.0 Å². The highest BCUT2D eigenvalue weighted by Gasteiger charge is 2.19. The monoisotopic (exact) mass is 791 g/mol. The SMILES string of the molecule is CC\C=C/C=C\C=C/C=C\C=C/CCCC(=O)OC(COC(=O)C/C=C\C/C=C\C/C=C\CC)COC(=O)CCCCCCCCCCCCCCCCCCC. The van der Waals surface area contributed by atoms with Crippen molar-refractivity contribution in [1.29, 1.82) is 0 Å². The van der Waals surface area contributed by atoms with Gasteiger partial charge in [0.25, 0.3) is 0 Å². The molecule has 0 N–H and O–H groups in total. The number of hydrogen-bond donors (Lipinski definition) is 0. The highest BCUT2D eigenvalue weighted by atomic mass is 16.6. The number of unbranched alkanes of at least 4 members (excludes halogenated alkanes) is 17. The van der Waals surface area contributed by atoms with Gasteiger partial charge in [0.1, 0.15) is 13.2 Å². The molecule has 57 heavy (non-hydrogen) atoms. The molecule has 0 aromatic heterocycles. The standard InChI is InChI=1S/C51H82O6/c1-4-7-10-13-16-19-21-23-24-25-26-28-29-32-35-38-41-44-50(53)56-47-48(46-55-49(52)43-40-37-34-31-18-15-12-9-6-3)57-51(54)45-42-39-36-33-30-27-22-20-17-14-11-8-5-2/h8-9,11-12,14,17-18,20,22,27,30-31,33,36-37,40,48H,4-7,10,13,15-16,19,21,23-26,28-29,32,34-35,38-39,41-47H2,1-3H3/b11-8-,12-9-,17-14-,22-20-,30-27-,31-18-,36-33-,40-37-. The highest BCUT2D eigenvalue weighted by Crippen LogP contribution is 2.15. The van der Waals surface area contributed by atoms with Gasteiger partial charge in [0.2, 0.25) is 0 Å². The smallest absolute Gasteiger partial charge is 0.309 e. The number of hydrogen-bond acceptors (Lipinski definition) is 6. The molecule has 0 fully saturated rings. The zero-order valence-corrected chi connectivity index (χ0v) is 36.6. The van der Waals surface area contributed by atoms with Crippen molar-refractivity contribution in [2.75, 3.05) is 13.2 Å². The number of ether oxygens (including phenoxy) is 3. The van der Waals surface area contributed by atoms with Crippen molar-refractivity contribution in [2.45, 2.75) is 194 Å². The van der Waals surface area contributed by atoms with Gasteiger partial charge in [-0.3, -0.25) is 14.4 Å². The second-order valence-electron chi connectivity index (χ2n) is 14.7. The Hall–Kier alpha value is -3.67. The fraction of sp³-hybridized carbons (Fsp3) is 0.627. The molecular formula is C51H82O6. The summed E-state index contributed by atoms with van der Waals surface area (Å²) in [5.41, 5.74) is 0. The summed E-state index contributed by atoms with van der Waals surface area (Å²) < 4.78 is 16.5. The van der Waals surface area contributed by atoms with Gasteiger partial charge in [0, 0.05) is 12.8 Å². The van der Waals surface area contributed by atoms with Crippen molar-refractivity contribution in [3.05, 3.63) is 97.2 Å².